The third-order valence-corrected chi connectivity index (χ3v) is 3.20. The van der Waals surface area contributed by atoms with Crippen molar-refractivity contribution in [2.24, 2.45) is 0 Å². The van der Waals surface area contributed by atoms with Gasteiger partial charge in [-0.25, -0.2) is 4.39 Å². The molecule has 18 heavy (non-hydrogen) atoms. The Morgan fingerprint density at radius 2 is 1.89 bits per heavy atom. The van der Waals surface area contributed by atoms with Crippen LogP contribution in [0.3, 0.4) is 0 Å². The molecule has 3 heteroatoms. The minimum Gasteiger partial charge on any atom is -0.396 e. The Bertz CT molecular complexity index is 527. The number of hydrogen-bond acceptors (Lipinski definition) is 1. The van der Waals surface area contributed by atoms with Crippen LogP contribution in [0.4, 0.5) is 4.39 Å². The van der Waals surface area contributed by atoms with Gasteiger partial charge in [0.1, 0.15) is 5.82 Å². The lowest BCUT2D eigenvalue weighted by Crippen LogP contribution is -2.08. The molecule has 0 heterocycles. The van der Waals surface area contributed by atoms with Gasteiger partial charge in [-0.1, -0.05) is 41.9 Å². The number of rotatable bonds is 4. The van der Waals surface area contributed by atoms with Crippen LogP contribution in [0, 0.1) is 5.82 Å². The summed E-state index contributed by atoms with van der Waals surface area (Å²) in [7, 11) is 0. The number of aliphatic hydroxyl groups excluding tert-OH is 1. The molecule has 0 aliphatic rings. The quantitative estimate of drug-likeness (QED) is 0.891. The zero-order chi connectivity index (χ0) is 13.0. The van der Waals surface area contributed by atoms with Crippen molar-refractivity contribution < 1.29 is 9.50 Å². The molecule has 2 aromatic carbocycles. The number of hydrogen-bond donors (Lipinski definition) is 1. The molecule has 2 aromatic rings. The summed E-state index contributed by atoms with van der Waals surface area (Å²) in [6, 6.07) is 13.9. The van der Waals surface area contributed by atoms with Crippen molar-refractivity contribution in [1.29, 1.82) is 0 Å². The van der Waals surface area contributed by atoms with Crippen LogP contribution in [0.1, 0.15) is 17.0 Å². The maximum absolute atomic E-state index is 13.6. The summed E-state index contributed by atoms with van der Waals surface area (Å²) in [5.74, 6) is -0.376. The average molecular weight is 265 g/mol. The normalized spacial score (nSPS) is 12.4. The van der Waals surface area contributed by atoms with E-state index < -0.39 is 0 Å². The Morgan fingerprint density at radius 1 is 1.11 bits per heavy atom. The van der Waals surface area contributed by atoms with Crippen molar-refractivity contribution in [3.63, 3.8) is 0 Å². The standard InChI is InChI=1S/C15H14ClFO/c16-14-6-3-5-11(9-14)13(10-18)8-12-4-1-2-7-15(12)17/h1-7,9,13,18H,8,10H2. The first-order chi connectivity index (χ1) is 8.70. The molecule has 94 valence electrons. The zero-order valence-corrected chi connectivity index (χ0v) is 10.6. The molecule has 0 aliphatic heterocycles. The maximum atomic E-state index is 13.6. The Labute approximate surface area is 111 Å². The second-order valence-electron chi connectivity index (χ2n) is 4.23. The van der Waals surface area contributed by atoms with Gasteiger partial charge in [-0.05, 0) is 35.7 Å². The largest absolute Gasteiger partial charge is 0.396 e. The molecular weight excluding hydrogens is 251 g/mol. The highest BCUT2D eigenvalue weighted by Crippen LogP contribution is 2.24. The highest BCUT2D eigenvalue weighted by molar-refractivity contribution is 6.30. The van der Waals surface area contributed by atoms with Crippen LogP contribution >= 0.6 is 11.6 Å². The number of benzene rings is 2. The van der Waals surface area contributed by atoms with Crippen LogP contribution in [-0.4, -0.2) is 11.7 Å². The Kier molecular flexibility index (Phi) is 4.34. The molecule has 0 saturated heterocycles. The lowest BCUT2D eigenvalue weighted by Gasteiger charge is -2.15. The van der Waals surface area contributed by atoms with Crippen molar-refractivity contribution in [3.05, 3.63) is 70.5 Å². The molecule has 1 unspecified atom stereocenters. The molecule has 1 nitrogen and oxygen atoms in total. The van der Waals surface area contributed by atoms with E-state index in [0.717, 1.165) is 5.56 Å². The molecule has 0 bridgehead atoms. The number of aliphatic hydroxyl groups is 1. The van der Waals surface area contributed by atoms with E-state index in [1.807, 2.05) is 18.2 Å². The van der Waals surface area contributed by atoms with E-state index in [1.165, 1.54) is 6.07 Å². The summed E-state index contributed by atoms with van der Waals surface area (Å²) in [4.78, 5) is 0. The summed E-state index contributed by atoms with van der Waals surface area (Å²) in [6.45, 7) is -0.0331. The summed E-state index contributed by atoms with van der Waals surface area (Å²) in [5, 5.41) is 10.1. The van der Waals surface area contributed by atoms with Gasteiger partial charge in [0.15, 0.2) is 0 Å². The molecule has 1 atom stereocenters. The van der Waals surface area contributed by atoms with Crippen molar-refractivity contribution in [2.75, 3.05) is 6.61 Å². The van der Waals surface area contributed by atoms with E-state index in [-0.39, 0.29) is 18.3 Å². The fraction of sp³-hybridized carbons (Fsp3) is 0.200. The van der Waals surface area contributed by atoms with Crippen LogP contribution in [0.2, 0.25) is 5.02 Å². The Morgan fingerprint density at radius 3 is 2.56 bits per heavy atom. The second kappa shape index (κ2) is 5.98. The molecule has 0 fully saturated rings. The van der Waals surface area contributed by atoms with Gasteiger partial charge < -0.3 is 5.11 Å². The molecule has 0 aliphatic carbocycles. The minimum atomic E-state index is -0.238. The third kappa shape index (κ3) is 3.09. The van der Waals surface area contributed by atoms with Crippen LogP contribution in [0.5, 0.6) is 0 Å². The molecule has 1 N–H and O–H groups in total. The molecule has 0 spiro atoms. The van der Waals surface area contributed by atoms with Gasteiger partial charge in [0.2, 0.25) is 0 Å². The van der Waals surface area contributed by atoms with E-state index in [0.29, 0.717) is 17.0 Å². The summed E-state index contributed by atoms with van der Waals surface area (Å²) in [6.07, 6.45) is 0.462. The predicted octanol–water partition coefficient (Wildman–Crippen LogP) is 3.80. The third-order valence-electron chi connectivity index (χ3n) is 2.96. The van der Waals surface area contributed by atoms with Crippen LogP contribution in [0.25, 0.3) is 0 Å². The Hall–Kier alpha value is -1.38. The van der Waals surface area contributed by atoms with Gasteiger partial charge >= 0.3 is 0 Å². The summed E-state index contributed by atoms with van der Waals surface area (Å²) in [5.41, 5.74) is 1.53. The first-order valence-electron chi connectivity index (χ1n) is 5.80. The maximum Gasteiger partial charge on any atom is 0.126 e. The molecule has 0 saturated carbocycles. The van der Waals surface area contributed by atoms with Crippen LogP contribution < -0.4 is 0 Å². The molecule has 0 radical (unpaired) electrons. The lowest BCUT2D eigenvalue weighted by molar-refractivity contribution is 0.263. The van der Waals surface area contributed by atoms with Crippen molar-refractivity contribution in [3.8, 4) is 0 Å². The molecular formula is C15H14ClFO. The average Bonchev–Trinajstić information content (AvgIpc) is 2.38. The van der Waals surface area contributed by atoms with Crippen LogP contribution in [0.15, 0.2) is 48.5 Å². The molecule has 2 rings (SSSR count). The van der Waals surface area contributed by atoms with Gasteiger partial charge in [-0.2, -0.15) is 0 Å². The Balaban J connectivity index is 2.23. The minimum absolute atomic E-state index is 0.0331. The second-order valence-corrected chi connectivity index (χ2v) is 4.67. The fourth-order valence-corrected chi connectivity index (χ4v) is 2.18. The first-order valence-corrected chi connectivity index (χ1v) is 6.18. The van der Waals surface area contributed by atoms with Crippen molar-refractivity contribution in [2.45, 2.75) is 12.3 Å². The van der Waals surface area contributed by atoms with E-state index in [2.05, 4.69) is 0 Å². The molecule has 0 aromatic heterocycles. The first kappa shape index (κ1) is 13.1. The highest BCUT2D eigenvalue weighted by Gasteiger charge is 2.13. The predicted molar refractivity (Wildman–Crippen MR) is 71.4 cm³/mol. The summed E-state index contributed by atoms with van der Waals surface area (Å²) >= 11 is 5.92. The van der Waals surface area contributed by atoms with Crippen molar-refractivity contribution >= 4 is 11.6 Å². The highest BCUT2D eigenvalue weighted by atomic mass is 35.5. The summed E-state index contributed by atoms with van der Waals surface area (Å²) < 4.78 is 13.6. The van der Waals surface area contributed by atoms with Crippen LogP contribution in [-0.2, 0) is 6.42 Å². The lowest BCUT2D eigenvalue weighted by atomic mass is 9.92. The molecule has 0 amide bonds. The topological polar surface area (TPSA) is 20.2 Å². The van der Waals surface area contributed by atoms with E-state index >= 15 is 0 Å². The van der Waals surface area contributed by atoms with E-state index in [4.69, 9.17) is 11.6 Å². The zero-order valence-electron chi connectivity index (χ0n) is 9.81. The smallest absolute Gasteiger partial charge is 0.126 e. The van der Waals surface area contributed by atoms with Gasteiger partial charge in [-0.3, -0.25) is 0 Å². The SMILES string of the molecule is OCC(Cc1ccccc1F)c1cccc(Cl)c1. The van der Waals surface area contributed by atoms with E-state index in [9.17, 15) is 9.50 Å². The van der Waals surface area contributed by atoms with E-state index in [1.54, 1.807) is 24.3 Å². The van der Waals surface area contributed by atoms with Crippen molar-refractivity contribution in [1.82, 2.24) is 0 Å². The van der Waals surface area contributed by atoms with Gasteiger partial charge in [0, 0.05) is 10.9 Å². The van der Waals surface area contributed by atoms with Gasteiger partial charge in [-0.15, -0.1) is 0 Å². The van der Waals surface area contributed by atoms with Gasteiger partial charge in [0.25, 0.3) is 0 Å². The van der Waals surface area contributed by atoms with Gasteiger partial charge in [0.05, 0.1) is 6.61 Å². The number of halogens is 2. The monoisotopic (exact) mass is 264 g/mol. The fourth-order valence-electron chi connectivity index (χ4n) is 1.98.